The monoisotopic (exact) mass is 446 g/mol. The zero-order valence-corrected chi connectivity index (χ0v) is 18.7. The molecule has 0 saturated heterocycles. The maximum absolute atomic E-state index is 4.93. The third kappa shape index (κ3) is 3.83. The van der Waals surface area contributed by atoms with Gasteiger partial charge in [-0.2, -0.15) is 0 Å². The van der Waals surface area contributed by atoms with E-state index in [1.54, 1.807) is 11.1 Å². The van der Waals surface area contributed by atoms with E-state index in [0.29, 0.717) is 0 Å². The zero-order chi connectivity index (χ0) is 17.2. The average Bonchev–Trinajstić information content (AvgIpc) is 3.20. The molecule has 0 N–H and O–H groups in total. The van der Waals surface area contributed by atoms with Gasteiger partial charge in [-0.15, -0.1) is 0 Å². The van der Waals surface area contributed by atoms with E-state index in [1.807, 2.05) is 0 Å². The zero-order valence-electron chi connectivity index (χ0n) is 13.7. The van der Waals surface area contributed by atoms with Gasteiger partial charge in [-0.3, -0.25) is 0 Å². The second-order valence-corrected chi connectivity index (χ2v) is 14.4. The van der Waals surface area contributed by atoms with E-state index in [9.17, 15) is 0 Å². The normalized spacial score (nSPS) is 25.5. The predicted molar refractivity (Wildman–Crippen MR) is 102 cm³/mol. The molecule has 0 aromatic carbocycles. The van der Waals surface area contributed by atoms with E-state index in [-0.39, 0.29) is 0 Å². The third-order valence-corrected chi connectivity index (χ3v) is 8.27. The predicted octanol–water partition coefficient (Wildman–Crippen LogP) is 5.69. The summed E-state index contributed by atoms with van der Waals surface area (Å²) in [5.41, 5.74) is 3.10. The molecule has 0 heterocycles. The Labute approximate surface area is 167 Å². The molecule has 0 amide bonds. The van der Waals surface area contributed by atoms with Crippen LogP contribution in [0.15, 0.2) is 48.6 Å². The average molecular weight is 449 g/mol. The Balaban J connectivity index is 0.000000526. The van der Waals surface area contributed by atoms with Crippen LogP contribution in [0.1, 0.15) is 0 Å². The summed E-state index contributed by atoms with van der Waals surface area (Å²) in [5, 5.41) is 0. The summed E-state index contributed by atoms with van der Waals surface area (Å²) in [6, 6.07) is 0. The molecule has 4 heteroatoms. The first-order chi connectivity index (χ1) is 11.6. The number of fused-ring (bicyclic) bond motifs is 2. The molecule has 4 rings (SSSR count). The Morgan fingerprint density at radius 2 is 1.04 bits per heavy atom. The van der Waals surface area contributed by atoms with Crippen molar-refractivity contribution in [2.75, 3.05) is 0 Å². The van der Waals surface area contributed by atoms with Crippen LogP contribution < -0.4 is 0 Å². The maximum atomic E-state index is 4.93. The van der Waals surface area contributed by atoms with Crippen molar-refractivity contribution in [1.29, 1.82) is 0 Å². The molecular weight excluding hydrogens is 430 g/mol. The summed E-state index contributed by atoms with van der Waals surface area (Å²) in [6.45, 7) is 4.94. The molecule has 0 spiro atoms. The summed E-state index contributed by atoms with van der Waals surface area (Å²) >= 11 is -0.826. The van der Waals surface area contributed by atoms with Crippen LogP contribution in [0.3, 0.4) is 0 Å². The Hall–Kier alpha value is 0.640. The second-order valence-electron chi connectivity index (χ2n) is 6.36. The van der Waals surface area contributed by atoms with E-state index in [1.165, 1.54) is 23.7 Å². The van der Waals surface area contributed by atoms with Gasteiger partial charge in [0.25, 0.3) is 0 Å². The van der Waals surface area contributed by atoms with Crippen LogP contribution in [0.25, 0.3) is 0 Å². The van der Waals surface area contributed by atoms with Crippen LogP contribution in [-0.2, 0) is 20.8 Å². The van der Waals surface area contributed by atoms with Crippen molar-refractivity contribution in [2.45, 2.75) is 13.1 Å². The molecule has 0 bridgehead atoms. The summed E-state index contributed by atoms with van der Waals surface area (Å²) in [6.07, 6.45) is 26.7. The molecule has 0 nitrogen and oxygen atoms in total. The molecule has 2 saturated carbocycles. The molecule has 0 aromatic heterocycles. The van der Waals surface area contributed by atoms with E-state index < -0.39 is 28.9 Å². The van der Waals surface area contributed by atoms with Crippen molar-refractivity contribution < 1.29 is 20.8 Å². The number of halogens is 2. The van der Waals surface area contributed by atoms with Crippen LogP contribution in [0, 0.1) is 60.4 Å². The van der Waals surface area contributed by atoms with Crippen molar-refractivity contribution in [3.8, 4) is 0 Å². The quantitative estimate of drug-likeness (QED) is 0.476. The van der Waals surface area contributed by atoms with E-state index in [0.717, 1.165) is 0 Å². The summed E-state index contributed by atoms with van der Waals surface area (Å²) in [7, 11) is 8.19. The molecule has 24 heavy (non-hydrogen) atoms. The number of rotatable bonds is 2. The van der Waals surface area contributed by atoms with Crippen LogP contribution in [-0.4, -0.2) is 8.07 Å². The fraction of sp³-hybridized carbons (Fsp3) is 0.100. The van der Waals surface area contributed by atoms with Gasteiger partial charge in [0.2, 0.25) is 0 Å². The standard InChI is InChI=1S/C20H18Si.2ClH.Zr/c1-21(2,19-13-11-15-7-3-5-9-17(15)19)20-14-12-16-8-4-6-10-18(16)20;;;/h3-14H,1-2H3;2*1H;/q;;;+4/p-2. The SMILES string of the molecule is C[Si](C)([C]1[CH][CH][C]2C=CC=C[C]21)[C]1[CH][CH][C]2C=CC=C[C]21.[Cl][Zr+2][Cl]. The Bertz CT molecular complexity index is 506. The summed E-state index contributed by atoms with van der Waals surface area (Å²) < 4.78 is 0. The fourth-order valence-corrected chi connectivity index (χ4v) is 6.63. The van der Waals surface area contributed by atoms with Crippen molar-refractivity contribution in [3.63, 3.8) is 0 Å². The number of hydrogen-bond acceptors (Lipinski definition) is 0. The molecule has 2 fully saturated rings. The molecular formula is C20H18Cl2SiZr+2. The van der Waals surface area contributed by atoms with Crippen LogP contribution in [0.5, 0.6) is 0 Å². The molecule has 0 unspecified atom stereocenters. The van der Waals surface area contributed by atoms with E-state index in [4.69, 9.17) is 17.0 Å². The minimum atomic E-state index is -1.68. The van der Waals surface area contributed by atoms with Crippen molar-refractivity contribution in [3.05, 3.63) is 109 Å². The van der Waals surface area contributed by atoms with Gasteiger partial charge < -0.3 is 0 Å². The van der Waals surface area contributed by atoms with Gasteiger partial charge in [-0.25, -0.2) is 0 Å². The third-order valence-electron chi connectivity index (χ3n) is 4.71. The number of hydrogen-bond donors (Lipinski definition) is 0. The topological polar surface area (TPSA) is 0 Å². The Morgan fingerprint density at radius 1 is 0.667 bits per heavy atom. The molecule has 0 aromatic rings. The first-order valence-electron chi connectivity index (χ1n) is 7.85. The Morgan fingerprint density at radius 3 is 1.46 bits per heavy atom. The molecule has 4 aliphatic rings. The molecule has 10 radical (unpaired) electrons. The second kappa shape index (κ2) is 8.55. The van der Waals surface area contributed by atoms with Gasteiger partial charge in [0, 0.05) is 23.7 Å². The van der Waals surface area contributed by atoms with Gasteiger partial charge in [0.05, 0.1) is 8.07 Å². The molecule has 0 atom stereocenters. The van der Waals surface area contributed by atoms with Gasteiger partial charge >= 0.3 is 37.9 Å². The van der Waals surface area contributed by atoms with E-state index in [2.05, 4.69) is 87.4 Å². The first kappa shape index (κ1) is 19.4. The van der Waals surface area contributed by atoms with Gasteiger partial charge in [-0.1, -0.05) is 61.7 Å². The van der Waals surface area contributed by atoms with Crippen molar-refractivity contribution in [2.24, 2.45) is 0 Å². The summed E-state index contributed by atoms with van der Waals surface area (Å²) in [4.78, 5) is 0. The molecule has 118 valence electrons. The van der Waals surface area contributed by atoms with Crippen LogP contribution in [0.4, 0.5) is 0 Å². The van der Waals surface area contributed by atoms with Crippen LogP contribution in [0.2, 0.25) is 13.1 Å². The van der Waals surface area contributed by atoms with Crippen LogP contribution >= 0.6 is 17.0 Å². The fourth-order valence-electron chi connectivity index (χ4n) is 3.54. The van der Waals surface area contributed by atoms with Crippen molar-refractivity contribution >= 4 is 25.1 Å². The van der Waals surface area contributed by atoms with E-state index >= 15 is 0 Å². The molecule has 0 aliphatic heterocycles. The van der Waals surface area contributed by atoms with Gasteiger partial charge in [0.15, 0.2) is 0 Å². The van der Waals surface area contributed by atoms with Gasteiger partial charge in [0.1, 0.15) is 0 Å². The number of allylic oxidation sites excluding steroid dienone is 8. The summed E-state index contributed by atoms with van der Waals surface area (Å²) in [5.74, 6) is 5.59. The minimum absolute atomic E-state index is 0.826. The van der Waals surface area contributed by atoms with Crippen molar-refractivity contribution in [1.82, 2.24) is 0 Å². The molecule has 4 aliphatic carbocycles. The Kier molecular flexibility index (Phi) is 6.91. The first-order valence-corrected chi connectivity index (χ1v) is 17.2. The van der Waals surface area contributed by atoms with Gasteiger partial charge in [-0.05, 0) is 36.8 Å².